The molecule has 3 atom stereocenters. The van der Waals surface area contributed by atoms with E-state index in [1.165, 1.54) is 15.9 Å². The summed E-state index contributed by atoms with van der Waals surface area (Å²) < 4.78 is 45.6. The van der Waals surface area contributed by atoms with Crippen molar-refractivity contribution in [2.45, 2.75) is 37.3 Å². The van der Waals surface area contributed by atoms with Crippen molar-refractivity contribution in [3.05, 3.63) is 64.2 Å². The van der Waals surface area contributed by atoms with Crippen molar-refractivity contribution in [3.63, 3.8) is 0 Å². The molecule has 3 aliphatic rings. The Morgan fingerprint density at radius 2 is 1.94 bits per heavy atom. The number of carbonyl (C=O) groups excluding carboxylic acids is 3. The molecule has 2 unspecified atom stereocenters. The second kappa shape index (κ2) is 8.16. The van der Waals surface area contributed by atoms with E-state index in [-0.39, 0.29) is 18.8 Å². The van der Waals surface area contributed by atoms with Crippen LogP contribution >= 0.6 is 11.6 Å². The van der Waals surface area contributed by atoms with E-state index in [9.17, 15) is 27.6 Å². The molecule has 3 fully saturated rings. The lowest BCUT2D eigenvalue weighted by Gasteiger charge is -2.34. The van der Waals surface area contributed by atoms with Crippen molar-refractivity contribution in [3.8, 4) is 6.07 Å². The number of hydrogen-bond acceptors (Lipinski definition) is 5. The first-order chi connectivity index (χ1) is 16.6. The summed E-state index contributed by atoms with van der Waals surface area (Å²) in [4.78, 5) is 42.4. The van der Waals surface area contributed by atoms with Gasteiger partial charge < -0.3 is 14.5 Å². The molecule has 0 aromatic heterocycles. The number of rotatable bonds is 3. The Labute approximate surface area is 202 Å². The lowest BCUT2D eigenvalue weighted by Crippen LogP contribution is -2.54. The Bertz CT molecular complexity index is 1290. The highest BCUT2D eigenvalue weighted by molar-refractivity contribution is 6.31. The van der Waals surface area contributed by atoms with Crippen LogP contribution in [-0.2, 0) is 22.3 Å². The summed E-state index contributed by atoms with van der Waals surface area (Å²) in [7, 11) is 0. The number of ether oxygens (including phenoxy) is 1. The predicted molar refractivity (Wildman–Crippen MR) is 115 cm³/mol. The fraction of sp³-hybridized carbons (Fsp3) is 0.304. The number of halogens is 4. The maximum absolute atomic E-state index is 13.4. The fourth-order valence-corrected chi connectivity index (χ4v) is 5.14. The van der Waals surface area contributed by atoms with E-state index >= 15 is 0 Å². The normalized spacial score (nSPS) is 23.1. The molecule has 35 heavy (non-hydrogen) atoms. The zero-order valence-electron chi connectivity index (χ0n) is 17.8. The molecule has 0 saturated carbocycles. The third-order valence-corrected chi connectivity index (χ3v) is 6.86. The van der Waals surface area contributed by atoms with E-state index in [4.69, 9.17) is 21.6 Å². The Hall–Kier alpha value is -3.78. The smallest absolute Gasteiger partial charge is 0.417 e. The minimum atomic E-state index is -4.84. The highest BCUT2D eigenvalue weighted by Crippen LogP contribution is 2.43. The van der Waals surface area contributed by atoms with E-state index in [2.05, 4.69) is 0 Å². The quantitative estimate of drug-likeness (QED) is 0.585. The predicted octanol–water partition coefficient (Wildman–Crippen LogP) is 4.16. The monoisotopic (exact) mass is 504 g/mol. The van der Waals surface area contributed by atoms with E-state index in [0.29, 0.717) is 28.0 Å². The zero-order chi connectivity index (χ0) is 25.1. The molecule has 8 nitrogen and oxygen atoms in total. The molecule has 0 aliphatic carbocycles. The summed E-state index contributed by atoms with van der Waals surface area (Å²) in [5.41, 5.74) is -1.53. The number of benzene rings is 2. The van der Waals surface area contributed by atoms with Gasteiger partial charge in [-0.25, -0.2) is 14.5 Å². The number of fused-ring (bicyclic) bond motifs is 5. The second-order valence-electron chi connectivity index (χ2n) is 8.40. The van der Waals surface area contributed by atoms with Crippen molar-refractivity contribution >= 4 is 35.3 Å². The molecule has 180 valence electrons. The van der Waals surface area contributed by atoms with Crippen LogP contribution in [0.5, 0.6) is 0 Å². The number of urea groups is 1. The van der Waals surface area contributed by atoms with E-state index in [0.717, 1.165) is 12.1 Å². The Morgan fingerprint density at radius 1 is 1.20 bits per heavy atom. The largest absolute Gasteiger partial charge is 0.444 e. The van der Waals surface area contributed by atoms with Gasteiger partial charge in [0.05, 0.1) is 35.0 Å². The standard InChI is InChI=1S/C23H16ClF3N4O4/c24-17-4-2-1-3-13(17)11-35-22(34)29-10-15-8-18(29)19-20(32)31(21(33)30(15)19)14-6-5-12(9-28)16(7-14)23(25,26)27/h1-7,15,18-19H,8,10-11H2/t15?,18?,19-/m1/s1. The Kier molecular flexibility index (Phi) is 5.36. The SMILES string of the molecule is N#Cc1ccc(N2C(=O)[C@H]3C4CC(CN4C(=O)OCc4ccccc4Cl)N3C2=O)cc1C(F)(F)F. The van der Waals surface area contributed by atoms with Gasteiger partial charge in [-0.3, -0.25) is 4.79 Å². The van der Waals surface area contributed by atoms with Crippen LogP contribution in [0, 0.1) is 11.3 Å². The first-order valence-corrected chi connectivity index (χ1v) is 10.9. The Morgan fingerprint density at radius 3 is 2.63 bits per heavy atom. The van der Waals surface area contributed by atoms with E-state index in [1.54, 1.807) is 24.3 Å². The second-order valence-corrected chi connectivity index (χ2v) is 8.81. The fourth-order valence-electron chi connectivity index (χ4n) is 4.95. The van der Waals surface area contributed by atoms with Crippen LogP contribution in [0.2, 0.25) is 5.02 Å². The maximum atomic E-state index is 13.4. The van der Waals surface area contributed by atoms with Crippen LogP contribution in [0.4, 0.5) is 28.4 Å². The van der Waals surface area contributed by atoms with E-state index in [1.807, 2.05) is 0 Å². The molecule has 2 aromatic rings. The summed E-state index contributed by atoms with van der Waals surface area (Å²) in [6.07, 6.45) is -5.16. The van der Waals surface area contributed by atoms with Crippen LogP contribution in [0.25, 0.3) is 0 Å². The minimum Gasteiger partial charge on any atom is -0.444 e. The lowest BCUT2D eigenvalue weighted by atomic mass is 10.1. The van der Waals surface area contributed by atoms with Gasteiger partial charge in [-0.15, -0.1) is 0 Å². The molecule has 3 saturated heterocycles. The van der Waals surface area contributed by atoms with Crippen LogP contribution < -0.4 is 4.90 Å². The van der Waals surface area contributed by atoms with Gasteiger partial charge in [0.2, 0.25) is 0 Å². The molecule has 0 spiro atoms. The molecular formula is C23H16ClF3N4O4. The van der Waals surface area contributed by atoms with Gasteiger partial charge in [-0.1, -0.05) is 29.8 Å². The molecule has 0 radical (unpaired) electrons. The first kappa shape index (κ1) is 23.0. The molecule has 2 bridgehead atoms. The number of nitrogens with zero attached hydrogens (tertiary/aromatic N) is 4. The summed E-state index contributed by atoms with van der Waals surface area (Å²) in [5, 5.41) is 9.43. The van der Waals surface area contributed by atoms with Gasteiger partial charge in [0.1, 0.15) is 12.6 Å². The topological polar surface area (TPSA) is 93.9 Å². The molecule has 3 aliphatic heterocycles. The number of nitriles is 1. The molecule has 3 heterocycles. The van der Waals surface area contributed by atoms with Crippen molar-refractivity contribution in [2.24, 2.45) is 0 Å². The first-order valence-electron chi connectivity index (χ1n) is 10.6. The summed E-state index contributed by atoms with van der Waals surface area (Å²) in [6, 6.07) is 8.06. The minimum absolute atomic E-state index is 0.0781. The highest BCUT2D eigenvalue weighted by Gasteiger charge is 2.63. The van der Waals surface area contributed by atoms with Gasteiger partial charge in [0, 0.05) is 17.1 Å². The van der Waals surface area contributed by atoms with E-state index < -0.39 is 53.5 Å². The summed E-state index contributed by atoms with van der Waals surface area (Å²) >= 11 is 6.08. The van der Waals surface area contributed by atoms with Gasteiger partial charge in [0.15, 0.2) is 0 Å². The molecular weight excluding hydrogens is 489 g/mol. The average Bonchev–Trinajstić information content (AvgIpc) is 3.48. The molecule has 2 aromatic carbocycles. The lowest BCUT2D eigenvalue weighted by molar-refractivity contribution is -0.137. The third kappa shape index (κ3) is 3.65. The molecule has 4 amide bonds. The molecule has 0 N–H and O–H groups in total. The maximum Gasteiger partial charge on any atom is 0.417 e. The van der Waals surface area contributed by atoms with Gasteiger partial charge in [-0.05, 0) is 30.7 Å². The van der Waals surface area contributed by atoms with Crippen LogP contribution in [-0.4, -0.2) is 52.5 Å². The van der Waals surface area contributed by atoms with Crippen molar-refractivity contribution in [1.29, 1.82) is 5.26 Å². The van der Waals surface area contributed by atoms with Gasteiger partial charge in [-0.2, -0.15) is 18.4 Å². The number of hydrogen-bond donors (Lipinski definition) is 0. The summed E-state index contributed by atoms with van der Waals surface area (Å²) in [6.45, 7) is 0.0573. The van der Waals surface area contributed by atoms with Crippen molar-refractivity contribution in [1.82, 2.24) is 9.80 Å². The number of anilines is 1. The van der Waals surface area contributed by atoms with Crippen molar-refractivity contribution in [2.75, 3.05) is 11.4 Å². The number of carbonyl (C=O) groups is 3. The highest BCUT2D eigenvalue weighted by atomic mass is 35.5. The number of alkyl halides is 3. The van der Waals surface area contributed by atoms with Crippen LogP contribution in [0.15, 0.2) is 42.5 Å². The van der Waals surface area contributed by atoms with Crippen LogP contribution in [0.3, 0.4) is 0 Å². The molecule has 12 heteroatoms. The summed E-state index contributed by atoms with van der Waals surface area (Å²) in [5.74, 6) is -0.732. The van der Waals surface area contributed by atoms with Gasteiger partial charge in [0.25, 0.3) is 5.91 Å². The third-order valence-electron chi connectivity index (χ3n) is 6.50. The van der Waals surface area contributed by atoms with Gasteiger partial charge >= 0.3 is 18.3 Å². The van der Waals surface area contributed by atoms with Crippen LogP contribution in [0.1, 0.15) is 23.1 Å². The number of likely N-dealkylation sites (tertiary alicyclic amines) is 1. The number of imide groups is 1. The van der Waals surface area contributed by atoms with Crippen molar-refractivity contribution < 1.29 is 32.3 Å². The molecule has 5 rings (SSSR count). The zero-order valence-corrected chi connectivity index (χ0v) is 18.6. The Balaban J connectivity index is 1.36. The number of amides is 4. The average molecular weight is 505 g/mol. The number of piperazine rings is 1.